The summed E-state index contributed by atoms with van der Waals surface area (Å²) in [6, 6.07) is 46.4. The molecule has 230 valence electrons. The lowest BCUT2D eigenvalue weighted by Gasteiger charge is -2.23. The van der Waals surface area contributed by atoms with E-state index in [9.17, 15) is 0 Å². The summed E-state index contributed by atoms with van der Waals surface area (Å²) < 4.78 is 1.92. The van der Waals surface area contributed by atoms with Crippen molar-refractivity contribution in [3.8, 4) is 50.5 Å². The summed E-state index contributed by atoms with van der Waals surface area (Å²) in [6.45, 7) is 0. The molecular formula is C44H24B5N3. The van der Waals surface area contributed by atoms with Gasteiger partial charge in [0.25, 0.3) is 0 Å². The van der Waals surface area contributed by atoms with Crippen LogP contribution in [0, 0.1) is 0 Å². The number of hydrogen-bond donors (Lipinski definition) is 0. The lowest BCUT2D eigenvalue weighted by Crippen LogP contribution is -2.56. The van der Waals surface area contributed by atoms with Crippen molar-refractivity contribution in [1.82, 2.24) is 14.5 Å². The van der Waals surface area contributed by atoms with E-state index < -0.39 is 0 Å². The molecule has 0 fully saturated rings. The van der Waals surface area contributed by atoms with Crippen molar-refractivity contribution < 1.29 is 0 Å². The van der Waals surface area contributed by atoms with Gasteiger partial charge in [-0.1, -0.05) is 120 Å². The van der Waals surface area contributed by atoms with Crippen molar-refractivity contribution in [2.45, 2.75) is 0 Å². The van der Waals surface area contributed by atoms with Gasteiger partial charge in [0, 0.05) is 23.6 Å². The van der Waals surface area contributed by atoms with Gasteiger partial charge in [-0.2, -0.15) is 0 Å². The third-order valence-electron chi connectivity index (χ3n) is 10.0. The quantitative estimate of drug-likeness (QED) is 0.186. The smallest absolute Gasteiger partial charge is 0.145 e. The second-order valence-corrected chi connectivity index (χ2v) is 12.9. The monoisotopic (exact) mass is 649 g/mol. The Bertz CT molecular complexity index is 2740. The number of benzene rings is 7. The first-order chi connectivity index (χ1) is 25.4. The number of rotatable bonds is 5. The van der Waals surface area contributed by atoms with E-state index >= 15 is 0 Å². The Balaban J connectivity index is 1.21. The van der Waals surface area contributed by atoms with E-state index in [0.29, 0.717) is 11.5 Å². The molecular weight excluding hydrogens is 625 g/mol. The van der Waals surface area contributed by atoms with Crippen molar-refractivity contribution in [3.05, 3.63) is 146 Å². The SMILES string of the molecule is [B]c1c([B])c([B])c(-n2c(-c3ccc(-c4c5ccccc5c(-c5ccc(-c6ccncc6)cc5)c5ccccc45)cc3)nc3ccccc32)c([B])c1[B]. The molecule has 0 aliphatic carbocycles. The number of nitrogens with zero attached hydrogens (tertiary/aromatic N) is 3. The lowest BCUT2D eigenvalue weighted by atomic mass is 9.61. The summed E-state index contributed by atoms with van der Waals surface area (Å²) in [5.41, 5.74) is 10.8. The van der Waals surface area contributed by atoms with Crippen molar-refractivity contribution in [2.24, 2.45) is 0 Å². The summed E-state index contributed by atoms with van der Waals surface area (Å²) in [6.07, 6.45) is 3.65. The minimum atomic E-state index is 0.168. The number of para-hydroxylation sites is 2. The zero-order chi connectivity index (χ0) is 35.5. The molecule has 0 bridgehead atoms. The molecule has 2 heterocycles. The molecule has 0 saturated carbocycles. The minimum Gasteiger partial charge on any atom is -0.294 e. The van der Waals surface area contributed by atoms with Crippen LogP contribution < -0.4 is 27.3 Å². The van der Waals surface area contributed by atoms with Crippen molar-refractivity contribution in [3.63, 3.8) is 0 Å². The van der Waals surface area contributed by atoms with Gasteiger partial charge in [-0.25, -0.2) is 4.98 Å². The van der Waals surface area contributed by atoms with Gasteiger partial charge in [-0.05, 0) is 79.2 Å². The molecule has 0 amide bonds. The molecule has 0 atom stereocenters. The number of imidazole rings is 1. The molecule has 3 nitrogen and oxygen atoms in total. The highest BCUT2D eigenvalue weighted by Crippen LogP contribution is 2.44. The van der Waals surface area contributed by atoms with Gasteiger partial charge < -0.3 is 0 Å². The van der Waals surface area contributed by atoms with Crippen LogP contribution in [0.25, 0.3) is 83.0 Å². The largest absolute Gasteiger partial charge is 0.294 e. The van der Waals surface area contributed by atoms with Gasteiger partial charge in [0.1, 0.15) is 45.1 Å². The first-order valence-electron chi connectivity index (χ1n) is 16.9. The maximum Gasteiger partial charge on any atom is 0.145 e. The number of hydrogen-bond acceptors (Lipinski definition) is 2. The van der Waals surface area contributed by atoms with Crippen molar-refractivity contribution in [2.75, 3.05) is 0 Å². The van der Waals surface area contributed by atoms with Gasteiger partial charge in [-0.15, -0.1) is 16.4 Å². The number of pyridine rings is 1. The van der Waals surface area contributed by atoms with Gasteiger partial charge in [0.05, 0.1) is 11.0 Å². The van der Waals surface area contributed by atoms with Crippen LogP contribution in [-0.4, -0.2) is 53.8 Å². The van der Waals surface area contributed by atoms with Crippen LogP contribution in [-0.2, 0) is 0 Å². The van der Waals surface area contributed by atoms with Gasteiger partial charge in [0.15, 0.2) is 0 Å². The number of fused-ring (bicyclic) bond motifs is 3. The zero-order valence-electron chi connectivity index (χ0n) is 28.1. The van der Waals surface area contributed by atoms with Crippen LogP contribution >= 0.6 is 0 Å². The average molecular weight is 649 g/mol. The second kappa shape index (κ2) is 12.6. The van der Waals surface area contributed by atoms with Gasteiger partial charge in [0.2, 0.25) is 0 Å². The summed E-state index contributed by atoms with van der Waals surface area (Å²) in [7, 11) is 32.0. The van der Waals surface area contributed by atoms with Crippen LogP contribution in [0.5, 0.6) is 0 Å². The topological polar surface area (TPSA) is 30.7 Å². The molecule has 0 aliphatic rings. The first kappa shape index (κ1) is 31.9. The Labute approximate surface area is 308 Å². The Morgan fingerprint density at radius 2 is 0.788 bits per heavy atom. The Morgan fingerprint density at radius 1 is 0.385 bits per heavy atom. The zero-order valence-corrected chi connectivity index (χ0v) is 28.1. The first-order valence-corrected chi connectivity index (χ1v) is 16.9. The normalized spacial score (nSPS) is 11.5. The third kappa shape index (κ3) is 5.05. The summed E-state index contributed by atoms with van der Waals surface area (Å²) in [5.74, 6) is 0.648. The summed E-state index contributed by atoms with van der Waals surface area (Å²) in [4.78, 5) is 9.20. The standard InChI is InChI=1S/C44H24B5N3/c45-38-39(46)41(48)43(42(49)40(38)47)52-35-12-6-5-11-34(35)51-44(52)29-19-17-28(18-20-29)37-32-9-3-1-7-30(32)36(31-8-2-4-10-33(31)37)27-15-13-25(14-16-27)26-21-23-50-24-22-26/h1-24H. The van der Waals surface area contributed by atoms with Crippen molar-refractivity contribution >= 4 is 99.1 Å². The second-order valence-electron chi connectivity index (χ2n) is 12.9. The predicted molar refractivity (Wildman–Crippen MR) is 223 cm³/mol. The van der Waals surface area contributed by atoms with E-state index in [1.807, 2.05) is 53.4 Å². The highest BCUT2D eigenvalue weighted by molar-refractivity contribution is 6.68. The van der Waals surface area contributed by atoms with E-state index in [1.54, 1.807) is 0 Å². The van der Waals surface area contributed by atoms with Gasteiger partial charge >= 0.3 is 0 Å². The fraction of sp³-hybridized carbons (Fsp3) is 0. The maximum absolute atomic E-state index is 6.58. The Kier molecular flexibility index (Phi) is 7.77. The Morgan fingerprint density at radius 3 is 1.31 bits per heavy atom. The molecule has 0 aliphatic heterocycles. The summed E-state index contributed by atoms with van der Waals surface area (Å²) in [5, 5.41) is 4.71. The molecule has 9 aromatic rings. The molecule has 0 unspecified atom stereocenters. The summed E-state index contributed by atoms with van der Waals surface area (Å²) >= 11 is 0. The van der Waals surface area contributed by atoms with Crippen LogP contribution in [0.1, 0.15) is 0 Å². The fourth-order valence-electron chi connectivity index (χ4n) is 7.43. The third-order valence-corrected chi connectivity index (χ3v) is 10.0. The molecule has 0 saturated heterocycles. The van der Waals surface area contributed by atoms with Gasteiger partial charge in [-0.3, -0.25) is 9.55 Å². The molecule has 8 heteroatoms. The van der Waals surface area contributed by atoms with Crippen molar-refractivity contribution in [1.29, 1.82) is 0 Å². The van der Waals surface area contributed by atoms with Crippen LogP contribution in [0.4, 0.5) is 0 Å². The molecule has 9 rings (SSSR count). The highest BCUT2D eigenvalue weighted by atomic mass is 15.1. The van der Waals surface area contributed by atoms with E-state index in [1.165, 1.54) is 27.1 Å². The van der Waals surface area contributed by atoms with Crippen LogP contribution in [0.3, 0.4) is 0 Å². The van der Waals surface area contributed by atoms with E-state index in [0.717, 1.165) is 44.4 Å². The maximum atomic E-state index is 6.58. The van der Waals surface area contributed by atoms with E-state index in [4.69, 9.17) is 44.2 Å². The number of aromatic nitrogens is 3. The Hall–Kier alpha value is -6.00. The molecule has 52 heavy (non-hydrogen) atoms. The highest BCUT2D eigenvalue weighted by Gasteiger charge is 2.21. The van der Waals surface area contributed by atoms with E-state index in [-0.39, 0.29) is 27.3 Å². The molecule has 0 N–H and O–H groups in total. The van der Waals surface area contributed by atoms with Crippen LogP contribution in [0.15, 0.2) is 146 Å². The molecule has 10 radical (unpaired) electrons. The van der Waals surface area contributed by atoms with E-state index in [2.05, 4.69) is 102 Å². The molecule has 0 spiro atoms. The predicted octanol–water partition coefficient (Wildman–Crippen LogP) is 5.36. The fourth-order valence-corrected chi connectivity index (χ4v) is 7.43. The molecule has 2 aromatic heterocycles. The lowest BCUT2D eigenvalue weighted by molar-refractivity contribution is 1.12. The average Bonchev–Trinajstić information content (AvgIpc) is 3.58. The van der Waals surface area contributed by atoms with Crippen LogP contribution in [0.2, 0.25) is 0 Å². The molecule has 7 aromatic carbocycles. The minimum absolute atomic E-state index is 0.168.